The molecule has 1 fully saturated rings. The van der Waals surface area contributed by atoms with Crippen LogP contribution < -0.4 is 5.73 Å². The number of rotatable bonds is 6. The Bertz CT molecular complexity index is 412. The van der Waals surface area contributed by atoms with E-state index in [1.165, 1.54) is 43.6 Å². The van der Waals surface area contributed by atoms with E-state index in [-0.39, 0.29) is 0 Å². The molecule has 0 atom stereocenters. The highest BCUT2D eigenvalue weighted by Crippen LogP contribution is 2.36. The van der Waals surface area contributed by atoms with Crippen LogP contribution in [-0.2, 0) is 6.54 Å². The van der Waals surface area contributed by atoms with E-state index in [9.17, 15) is 0 Å². The van der Waals surface area contributed by atoms with Crippen molar-refractivity contribution in [3.63, 3.8) is 0 Å². The number of imidazole rings is 1. The summed E-state index contributed by atoms with van der Waals surface area (Å²) in [5, 5.41) is 0. The van der Waals surface area contributed by atoms with Crippen LogP contribution in [0.15, 0.2) is 0 Å². The first-order valence-corrected chi connectivity index (χ1v) is 8.58. The lowest BCUT2D eigenvalue weighted by Crippen LogP contribution is -2.13. The molecule has 0 unspecified atom stereocenters. The maximum absolute atomic E-state index is 6.45. The molecule has 20 heavy (non-hydrogen) atoms. The molecular weight excluding hydrogens is 246 g/mol. The maximum Gasteiger partial charge on any atom is 0.127 e. The van der Waals surface area contributed by atoms with Crippen molar-refractivity contribution < 1.29 is 0 Å². The zero-order chi connectivity index (χ0) is 14.5. The van der Waals surface area contributed by atoms with Crippen LogP contribution in [0.4, 0.5) is 5.82 Å². The Morgan fingerprint density at radius 2 is 1.80 bits per heavy atom. The van der Waals surface area contributed by atoms with Gasteiger partial charge in [0.15, 0.2) is 0 Å². The average molecular weight is 277 g/mol. The highest BCUT2D eigenvalue weighted by atomic mass is 15.1. The molecule has 2 rings (SSSR count). The van der Waals surface area contributed by atoms with Gasteiger partial charge < -0.3 is 10.3 Å². The van der Waals surface area contributed by atoms with Crippen LogP contribution in [0.25, 0.3) is 0 Å². The van der Waals surface area contributed by atoms with E-state index in [0.29, 0.717) is 11.8 Å². The second-order valence-corrected chi connectivity index (χ2v) is 6.24. The minimum Gasteiger partial charge on any atom is -0.384 e. The lowest BCUT2D eigenvalue weighted by Gasteiger charge is -2.22. The highest BCUT2D eigenvalue weighted by molar-refractivity contribution is 5.41. The van der Waals surface area contributed by atoms with Gasteiger partial charge in [0.1, 0.15) is 11.6 Å². The molecule has 0 saturated heterocycles. The predicted molar refractivity (Wildman–Crippen MR) is 86.1 cm³/mol. The molecule has 114 valence electrons. The molecule has 1 aromatic heterocycles. The van der Waals surface area contributed by atoms with Crippen LogP contribution >= 0.6 is 0 Å². The monoisotopic (exact) mass is 277 g/mol. The van der Waals surface area contributed by atoms with Crippen molar-refractivity contribution >= 4 is 5.82 Å². The third-order valence-corrected chi connectivity index (χ3v) is 4.85. The molecule has 1 heterocycles. The molecule has 1 aliphatic carbocycles. The minimum atomic E-state index is 0.524. The van der Waals surface area contributed by atoms with E-state index in [1.807, 2.05) is 0 Å². The molecule has 0 aromatic carbocycles. The van der Waals surface area contributed by atoms with Gasteiger partial charge in [-0.1, -0.05) is 40.0 Å². The fraction of sp³-hybridized carbons (Fsp3) is 0.824. The quantitative estimate of drug-likeness (QED) is 0.809. The molecule has 0 aliphatic heterocycles. The lowest BCUT2D eigenvalue weighted by molar-refractivity contribution is 0.414. The summed E-state index contributed by atoms with van der Waals surface area (Å²) >= 11 is 0. The van der Waals surface area contributed by atoms with E-state index < -0.39 is 0 Å². The van der Waals surface area contributed by atoms with Crippen LogP contribution in [0.1, 0.15) is 95.5 Å². The van der Waals surface area contributed by atoms with Crippen molar-refractivity contribution in [3.05, 3.63) is 11.5 Å². The number of nitrogen functional groups attached to an aromatic ring is 1. The Labute approximate surface area is 124 Å². The summed E-state index contributed by atoms with van der Waals surface area (Å²) in [5.74, 6) is 3.39. The number of hydrogen-bond donors (Lipinski definition) is 1. The predicted octanol–water partition coefficient (Wildman–Crippen LogP) is 4.83. The molecule has 2 N–H and O–H groups in total. The number of hydrogen-bond acceptors (Lipinski definition) is 2. The van der Waals surface area contributed by atoms with Crippen LogP contribution in [0.5, 0.6) is 0 Å². The zero-order valence-electron chi connectivity index (χ0n) is 13.5. The van der Waals surface area contributed by atoms with Gasteiger partial charge in [0, 0.05) is 18.4 Å². The summed E-state index contributed by atoms with van der Waals surface area (Å²) < 4.78 is 2.32. The van der Waals surface area contributed by atoms with Gasteiger partial charge in [-0.05, 0) is 32.1 Å². The molecule has 0 bridgehead atoms. The second kappa shape index (κ2) is 7.14. The molecule has 1 aliphatic rings. The fourth-order valence-corrected chi connectivity index (χ4v) is 3.61. The molecule has 0 amide bonds. The largest absolute Gasteiger partial charge is 0.384 e. The Hall–Kier alpha value is -0.990. The Morgan fingerprint density at radius 3 is 2.35 bits per heavy atom. The van der Waals surface area contributed by atoms with Crippen molar-refractivity contribution in [3.8, 4) is 0 Å². The van der Waals surface area contributed by atoms with Crippen molar-refractivity contribution in [2.24, 2.45) is 0 Å². The first-order chi connectivity index (χ1) is 9.72. The molecule has 3 nitrogen and oxygen atoms in total. The second-order valence-electron chi connectivity index (χ2n) is 6.24. The van der Waals surface area contributed by atoms with E-state index >= 15 is 0 Å². The maximum atomic E-state index is 6.45. The first kappa shape index (κ1) is 15.4. The van der Waals surface area contributed by atoms with Gasteiger partial charge in [-0.25, -0.2) is 4.98 Å². The van der Waals surface area contributed by atoms with Crippen LogP contribution in [0, 0.1) is 0 Å². The molecule has 1 saturated carbocycles. The van der Waals surface area contributed by atoms with Crippen molar-refractivity contribution in [1.82, 2.24) is 9.55 Å². The van der Waals surface area contributed by atoms with E-state index in [4.69, 9.17) is 10.7 Å². The molecular formula is C17H31N3. The van der Waals surface area contributed by atoms with E-state index in [1.54, 1.807) is 0 Å². The van der Waals surface area contributed by atoms with Gasteiger partial charge in [-0.3, -0.25) is 0 Å². The summed E-state index contributed by atoms with van der Waals surface area (Å²) in [4.78, 5) is 5.03. The van der Waals surface area contributed by atoms with Crippen molar-refractivity contribution in [2.45, 2.75) is 90.5 Å². The third-order valence-electron chi connectivity index (χ3n) is 4.85. The number of aromatic nitrogens is 2. The Morgan fingerprint density at radius 1 is 1.15 bits per heavy atom. The van der Waals surface area contributed by atoms with Gasteiger partial charge in [0.25, 0.3) is 0 Å². The van der Waals surface area contributed by atoms with Crippen molar-refractivity contribution in [1.29, 1.82) is 0 Å². The first-order valence-electron chi connectivity index (χ1n) is 8.58. The average Bonchev–Trinajstić information content (AvgIpc) is 2.80. The van der Waals surface area contributed by atoms with Crippen LogP contribution in [0.3, 0.4) is 0 Å². The van der Waals surface area contributed by atoms with E-state index in [0.717, 1.165) is 31.6 Å². The summed E-state index contributed by atoms with van der Waals surface area (Å²) in [6.45, 7) is 7.73. The smallest absolute Gasteiger partial charge is 0.127 e. The van der Waals surface area contributed by atoms with E-state index in [2.05, 4.69) is 25.3 Å². The summed E-state index contributed by atoms with van der Waals surface area (Å²) in [7, 11) is 0. The molecule has 3 heteroatoms. The van der Waals surface area contributed by atoms with Crippen LogP contribution in [-0.4, -0.2) is 9.55 Å². The third kappa shape index (κ3) is 3.02. The summed E-state index contributed by atoms with van der Waals surface area (Å²) in [6, 6.07) is 0. The summed E-state index contributed by atoms with van der Waals surface area (Å²) in [5.41, 5.74) is 7.62. The van der Waals surface area contributed by atoms with Gasteiger partial charge in [-0.15, -0.1) is 0 Å². The molecule has 1 aromatic rings. The SMILES string of the molecule is CCCn1c(C2CCCCC2)nc(C(CC)CC)c1N. The Kier molecular flexibility index (Phi) is 5.50. The van der Waals surface area contributed by atoms with Crippen LogP contribution in [0.2, 0.25) is 0 Å². The highest BCUT2D eigenvalue weighted by Gasteiger charge is 2.26. The number of nitrogens with zero attached hydrogens (tertiary/aromatic N) is 2. The van der Waals surface area contributed by atoms with Gasteiger partial charge in [0.05, 0.1) is 5.69 Å². The van der Waals surface area contributed by atoms with Gasteiger partial charge >= 0.3 is 0 Å². The van der Waals surface area contributed by atoms with Gasteiger partial charge in [-0.2, -0.15) is 0 Å². The minimum absolute atomic E-state index is 0.524. The fourth-order valence-electron chi connectivity index (χ4n) is 3.61. The van der Waals surface area contributed by atoms with Crippen molar-refractivity contribution in [2.75, 3.05) is 5.73 Å². The van der Waals surface area contributed by atoms with Gasteiger partial charge in [0.2, 0.25) is 0 Å². The molecule has 0 spiro atoms. The normalized spacial score (nSPS) is 17.0. The summed E-state index contributed by atoms with van der Waals surface area (Å²) in [6.07, 6.45) is 10.1. The number of nitrogens with two attached hydrogens (primary N) is 1. The standard InChI is InChI=1S/C17H31N3/c1-4-12-20-16(18)15(13(5-2)6-3)19-17(20)14-10-8-7-9-11-14/h13-14H,4-12,18H2,1-3H3. The lowest BCUT2D eigenvalue weighted by atomic mass is 9.88. The Balaban J connectivity index is 2.35. The topological polar surface area (TPSA) is 43.8 Å². The number of anilines is 1. The zero-order valence-corrected chi connectivity index (χ0v) is 13.5. The molecule has 0 radical (unpaired) electrons.